The van der Waals surface area contributed by atoms with Crippen molar-refractivity contribution in [1.29, 1.82) is 0 Å². The predicted molar refractivity (Wildman–Crippen MR) is 82.3 cm³/mol. The zero-order chi connectivity index (χ0) is 14.9. The average molecular weight is 298 g/mol. The molecule has 0 aromatic carbocycles. The minimum absolute atomic E-state index is 0.0670. The van der Waals surface area contributed by atoms with E-state index in [9.17, 15) is 5.11 Å². The van der Waals surface area contributed by atoms with Gasteiger partial charge in [-0.2, -0.15) is 0 Å². The van der Waals surface area contributed by atoms with E-state index in [1.807, 2.05) is 11.3 Å². The molecule has 5 heteroatoms. The molecule has 114 valence electrons. The van der Waals surface area contributed by atoms with E-state index >= 15 is 0 Å². The Kier molecular flexibility index (Phi) is 4.84. The van der Waals surface area contributed by atoms with E-state index in [1.165, 1.54) is 9.88 Å². The van der Waals surface area contributed by atoms with Gasteiger partial charge in [0, 0.05) is 23.4 Å². The first-order chi connectivity index (χ1) is 9.38. The van der Waals surface area contributed by atoms with Crippen LogP contribution in [0.5, 0.6) is 0 Å². The van der Waals surface area contributed by atoms with Crippen LogP contribution in [-0.2, 0) is 4.74 Å². The van der Waals surface area contributed by atoms with Gasteiger partial charge in [-0.05, 0) is 20.9 Å². The summed E-state index contributed by atoms with van der Waals surface area (Å²) in [5.41, 5.74) is 1.07. The first-order valence-electron chi connectivity index (χ1n) is 7.24. The number of aliphatic hydroxyl groups excluding tert-OH is 1. The van der Waals surface area contributed by atoms with Crippen molar-refractivity contribution in [2.45, 2.75) is 39.7 Å². The lowest BCUT2D eigenvalue weighted by atomic mass is 9.86. The lowest BCUT2D eigenvalue weighted by Crippen LogP contribution is -2.52. The minimum Gasteiger partial charge on any atom is -0.396 e. The van der Waals surface area contributed by atoms with Crippen LogP contribution in [0.15, 0.2) is 0 Å². The number of rotatable bonds is 6. The molecule has 1 N–H and O–H groups in total. The molecular weight excluding hydrogens is 272 g/mol. The topological polar surface area (TPSA) is 45.6 Å². The molecule has 1 atom stereocenters. The maximum Gasteiger partial charge on any atom is 0.0956 e. The van der Waals surface area contributed by atoms with Crippen LogP contribution < -0.4 is 0 Å². The SMILES string of the molecule is Cc1nc(C(C)C)sc1C(C)N(C)CC1(CO)COC1. The fourth-order valence-corrected chi connectivity index (χ4v) is 3.74. The second-order valence-corrected chi connectivity index (χ2v) is 7.46. The third-order valence-electron chi connectivity index (χ3n) is 4.12. The van der Waals surface area contributed by atoms with E-state index in [0.29, 0.717) is 25.2 Å². The van der Waals surface area contributed by atoms with Crippen LogP contribution in [0.3, 0.4) is 0 Å². The molecule has 0 bridgehead atoms. The third kappa shape index (κ3) is 3.06. The summed E-state index contributed by atoms with van der Waals surface area (Å²) in [4.78, 5) is 8.33. The van der Waals surface area contributed by atoms with E-state index in [1.54, 1.807) is 0 Å². The molecule has 1 unspecified atom stereocenters. The van der Waals surface area contributed by atoms with E-state index in [-0.39, 0.29) is 12.0 Å². The lowest BCUT2D eigenvalue weighted by molar-refractivity contribution is -0.149. The predicted octanol–water partition coefficient (Wildman–Crippen LogP) is 2.58. The maximum atomic E-state index is 9.55. The second-order valence-electron chi connectivity index (χ2n) is 6.40. The standard InChI is InChI=1S/C15H26N2O2S/c1-10(2)14-16-11(3)13(20-14)12(4)17(5)6-15(7-18)8-19-9-15/h10,12,18H,6-9H2,1-5H3. The van der Waals surface area contributed by atoms with Gasteiger partial charge >= 0.3 is 0 Å². The van der Waals surface area contributed by atoms with Crippen LogP contribution in [0.1, 0.15) is 48.3 Å². The van der Waals surface area contributed by atoms with E-state index in [4.69, 9.17) is 4.74 Å². The van der Waals surface area contributed by atoms with Crippen molar-refractivity contribution in [2.75, 3.05) is 33.4 Å². The second kappa shape index (κ2) is 6.10. The number of ether oxygens (including phenoxy) is 1. The van der Waals surface area contributed by atoms with Crippen LogP contribution >= 0.6 is 11.3 Å². The van der Waals surface area contributed by atoms with Gasteiger partial charge in [-0.1, -0.05) is 13.8 Å². The van der Waals surface area contributed by atoms with Crippen LogP contribution in [0.4, 0.5) is 0 Å². The molecular formula is C15H26N2O2S. The molecule has 1 aromatic rings. The summed E-state index contributed by atoms with van der Waals surface area (Å²) in [6, 6.07) is 0.323. The van der Waals surface area contributed by atoms with E-state index < -0.39 is 0 Å². The fourth-order valence-electron chi connectivity index (χ4n) is 2.55. The first kappa shape index (κ1) is 15.9. The Balaban J connectivity index is 2.08. The molecule has 0 aliphatic carbocycles. The number of aliphatic hydroxyl groups is 1. The van der Waals surface area contributed by atoms with Crippen molar-refractivity contribution in [3.05, 3.63) is 15.6 Å². The van der Waals surface area contributed by atoms with Crippen molar-refractivity contribution in [3.63, 3.8) is 0 Å². The number of aryl methyl sites for hydroxylation is 1. The zero-order valence-electron chi connectivity index (χ0n) is 13.1. The van der Waals surface area contributed by atoms with E-state index in [0.717, 1.165) is 12.2 Å². The highest BCUT2D eigenvalue weighted by Crippen LogP contribution is 2.35. The Labute approximate surface area is 125 Å². The van der Waals surface area contributed by atoms with Crippen molar-refractivity contribution in [1.82, 2.24) is 9.88 Å². The number of hydrogen-bond acceptors (Lipinski definition) is 5. The highest BCUT2D eigenvalue weighted by Gasteiger charge is 2.40. The van der Waals surface area contributed by atoms with Gasteiger partial charge in [-0.3, -0.25) is 4.90 Å². The molecule has 1 fully saturated rings. The number of thiazole rings is 1. The molecule has 0 saturated carbocycles. The smallest absolute Gasteiger partial charge is 0.0956 e. The first-order valence-corrected chi connectivity index (χ1v) is 8.06. The van der Waals surface area contributed by atoms with Crippen LogP contribution in [0.25, 0.3) is 0 Å². The molecule has 1 aromatic heterocycles. The normalized spacial score (nSPS) is 19.4. The fraction of sp³-hybridized carbons (Fsp3) is 0.800. The highest BCUT2D eigenvalue weighted by atomic mass is 32.1. The Hall–Kier alpha value is -0.490. The summed E-state index contributed by atoms with van der Waals surface area (Å²) in [5, 5.41) is 10.8. The molecule has 1 aliphatic heterocycles. The summed E-state index contributed by atoms with van der Waals surface area (Å²) >= 11 is 1.82. The van der Waals surface area contributed by atoms with Gasteiger partial charge in [0.15, 0.2) is 0 Å². The summed E-state index contributed by atoms with van der Waals surface area (Å²) in [7, 11) is 2.12. The van der Waals surface area contributed by atoms with Gasteiger partial charge in [-0.15, -0.1) is 11.3 Å². The van der Waals surface area contributed by atoms with Gasteiger partial charge in [0.2, 0.25) is 0 Å². The van der Waals surface area contributed by atoms with Crippen molar-refractivity contribution < 1.29 is 9.84 Å². The number of hydrogen-bond donors (Lipinski definition) is 1. The Morgan fingerprint density at radius 2 is 2.05 bits per heavy atom. The zero-order valence-corrected chi connectivity index (χ0v) is 14.0. The Morgan fingerprint density at radius 1 is 1.40 bits per heavy atom. The molecule has 1 saturated heterocycles. The average Bonchev–Trinajstić information content (AvgIpc) is 2.75. The summed E-state index contributed by atoms with van der Waals surface area (Å²) in [6.07, 6.45) is 0. The van der Waals surface area contributed by atoms with Gasteiger partial charge in [0.1, 0.15) is 0 Å². The lowest BCUT2D eigenvalue weighted by Gasteiger charge is -2.43. The monoisotopic (exact) mass is 298 g/mol. The van der Waals surface area contributed by atoms with Crippen molar-refractivity contribution >= 4 is 11.3 Å². The quantitative estimate of drug-likeness (QED) is 0.877. The molecule has 2 heterocycles. The van der Waals surface area contributed by atoms with Crippen molar-refractivity contribution in [2.24, 2.45) is 5.41 Å². The van der Waals surface area contributed by atoms with Gasteiger partial charge in [0.25, 0.3) is 0 Å². The number of aromatic nitrogens is 1. The van der Waals surface area contributed by atoms with Crippen LogP contribution in [0.2, 0.25) is 0 Å². The molecule has 0 amide bonds. The molecule has 1 aliphatic rings. The van der Waals surface area contributed by atoms with Gasteiger partial charge in [0.05, 0.1) is 35.9 Å². The summed E-state index contributed by atoms with van der Waals surface area (Å²) in [5.74, 6) is 0.480. The van der Waals surface area contributed by atoms with E-state index in [2.05, 4.69) is 44.6 Å². The third-order valence-corrected chi connectivity index (χ3v) is 5.75. The highest BCUT2D eigenvalue weighted by molar-refractivity contribution is 7.11. The molecule has 20 heavy (non-hydrogen) atoms. The molecule has 2 rings (SSSR count). The largest absolute Gasteiger partial charge is 0.396 e. The summed E-state index contributed by atoms with van der Waals surface area (Å²) < 4.78 is 5.28. The van der Waals surface area contributed by atoms with Gasteiger partial charge < -0.3 is 9.84 Å². The van der Waals surface area contributed by atoms with Crippen LogP contribution in [0, 0.1) is 12.3 Å². The summed E-state index contributed by atoms with van der Waals surface area (Å²) in [6.45, 7) is 11.1. The number of nitrogens with zero attached hydrogens (tertiary/aromatic N) is 2. The Bertz CT molecular complexity index is 449. The molecule has 0 spiro atoms. The molecule has 0 radical (unpaired) electrons. The minimum atomic E-state index is -0.0670. The molecule has 4 nitrogen and oxygen atoms in total. The maximum absolute atomic E-state index is 9.55. The van der Waals surface area contributed by atoms with Crippen LogP contribution in [-0.4, -0.2) is 48.4 Å². The Morgan fingerprint density at radius 3 is 2.45 bits per heavy atom. The van der Waals surface area contributed by atoms with Crippen molar-refractivity contribution in [3.8, 4) is 0 Å². The van der Waals surface area contributed by atoms with Gasteiger partial charge in [-0.25, -0.2) is 4.98 Å².